The zero-order valence-electron chi connectivity index (χ0n) is 14.2. The second-order valence-corrected chi connectivity index (χ2v) is 7.35. The number of furan rings is 1. The van der Waals surface area contributed by atoms with Crippen molar-refractivity contribution in [3.63, 3.8) is 0 Å². The largest absolute Gasteiger partial charge is 0.459 e. The van der Waals surface area contributed by atoms with Crippen molar-refractivity contribution in [1.82, 2.24) is 4.90 Å². The number of nitrogens with one attached hydrogen (secondary N) is 1. The van der Waals surface area contributed by atoms with Crippen molar-refractivity contribution in [3.05, 3.63) is 41.2 Å². The van der Waals surface area contributed by atoms with Gasteiger partial charge in [-0.2, -0.15) is 0 Å². The van der Waals surface area contributed by atoms with Gasteiger partial charge in [0.2, 0.25) is 0 Å². The molecule has 2 aliphatic heterocycles. The van der Waals surface area contributed by atoms with Gasteiger partial charge in [0.25, 0.3) is 11.8 Å². The summed E-state index contributed by atoms with van der Waals surface area (Å²) >= 11 is 1.26. The summed E-state index contributed by atoms with van der Waals surface area (Å²) in [6.07, 6.45) is 4.03. The van der Waals surface area contributed by atoms with Crippen LogP contribution in [0, 0.1) is 0 Å². The van der Waals surface area contributed by atoms with Gasteiger partial charge in [0.15, 0.2) is 12.1 Å². The second-order valence-electron chi connectivity index (χ2n) is 6.27. The van der Waals surface area contributed by atoms with Gasteiger partial charge < -0.3 is 24.1 Å². The summed E-state index contributed by atoms with van der Waals surface area (Å²) in [5.74, 6) is -0.144. The topological polar surface area (TPSA) is 81.0 Å². The Balaban J connectivity index is 1.45. The molecule has 1 atom stereocenters. The van der Waals surface area contributed by atoms with Crippen molar-refractivity contribution in [3.8, 4) is 0 Å². The summed E-state index contributed by atoms with van der Waals surface area (Å²) in [5.41, 5.74) is 0. The number of anilines is 1. The Morgan fingerprint density at radius 2 is 2.00 bits per heavy atom. The van der Waals surface area contributed by atoms with Crippen molar-refractivity contribution >= 4 is 28.2 Å². The number of nitrogens with zero attached hydrogens (tertiary/aromatic N) is 1. The fraction of sp³-hybridized carbons (Fsp3) is 0.444. The summed E-state index contributed by atoms with van der Waals surface area (Å²) in [6, 6.07) is 6.67. The first-order valence-electron chi connectivity index (χ1n) is 8.71. The highest BCUT2D eigenvalue weighted by atomic mass is 32.1. The van der Waals surface area contributed by atoms with Crippen molar-refractivity contribution < 1.29 is 23.5 Å². The number of ether oxygens (including phenoxy) is 2. The Morgan fingerprint density at radius 3 is 2.77 bits per heavy atom. The average molecular weight is 376 g/mol. The van der Waals surface area contributed by atoms with E-state index < -0.39 is 0 Å². The van der Waals surface area contributed by atoms with Gasteiger partial charge in [0.05, 0.1) is 35.4 Å². The summed E-state index contributed by atoms with van der Waals surface area (Å²) in [5, 5.41) is 3.36. The molecule has 8 heteroatoms. The molecule has 138 valence electrons. The van der Waals surface area contributed by atoms with Crippen LogP contribution in [-0.4, -0.2) is 48.8 Å². The molecule has 0 aliphatic carbocycles. The van der Waals surface area contributed by atoms with Crippen LogP contribution in [0.4, 0.5) is 5.00 Å². The normalized spacial score (nSPS) is 21.1. The fourth-order valence-corrected chi connectivity index (χ4v) is 4.19. The maximum Gasteiger partial charge on any atom is 0.291 e. The molecule has 2 fully saturated rings. The highest BCUT2D eigenvalue weighted by Gasteiger charge is 2.36. The molecule has 2 aliphatic rings. The van der Waals surface area contributed by atoms with Crippen LogP contribution in [-0.2, 0) is 9.47 Å². The molecule has 0 aromatic carbocycles. The summed E-state index contributed by atoms with van der Waals surface area (Å²) < 4.78 is 16.3. The molecule has 0 spiro atoms. The van der Waals surface area contributed by atoms with Crippen LogP contribution in [0.1, 0.15) is 39.5 Å². The Hall–Kier alpha value is -2.16. The van der Waals surface area contributed by atoms with Gasteiger partial charge in [-0.1, -0.05) is 0 Å². The van der Waals surface area contributed by atoms with Gasteiger partial charge in [0.1, 0.15) is 0 Å². The number of piperidine rings is 1. The van der Waals surface area contributed by atoms with E-state index in [4.69, 9.17) is 13.9 Å². The van der Waals surface area contributed by atoms with Crippen LogP contribution in [0.15, 0.2) is 34.9 Å². The number of hydrogen-bond donors (Lipinski definition) is 1. The standard InChI is InChI=1S/C18H20N2O5S/c21-16(13-5-3-9-23-13)19-15-7-6-14(26-15)17(22)20-8-2-1-4-12(20)18-24-10-11-25-18/h3,5-7,9,12,18H,1-2,4,8,10-11H2,(H,19,21). The van der Waals surface area contributed by atoms with Crippen LogP contribution in [0.5, 0.6) is 0 Å². The minimum absolute atomic E-state index is 0.0442. The SMILES string of the molecule is O=C(Nc1ccc(C(=O)N2CCCCC2C2OCCO2)s1)c1ccco1. The minimum Gasteiger partial charge on any atom is -0.459 e. The minimum atomic E-state index is -0.336. The highest BCUT2D eigenvalue weighted by Crippen LogP contribution is 2.29. The molecule has 1 unspecified atom stereocenters. The molecule has 0 radical (unpaired) electrons. The monoisotopic (exact) mass is 376 g/mol. The van der Waals surface area contributed by atoms with Crippen LogP contribution < -0.4 is 5.32 Å². The molecular formula is C18H20N2O5S. The van der Waals surface area contributed by atoms with Crippen LogP contribution in [0.2, 0.25) is 0 Å². The molecule has 0 bridgehead atoms. The van der Waals surface area contributed by atoms with Gasteiger partial charge >= 0.3 is 0 Å². The molecule has 0 saturated carbocycles. The number of rotatable bonds is 4. The number of hydrogen-bond acceptors (Lipinski definition) is 6. The van der Waals surface area contributed by atoms with E-state index in [-0.39, 0.29) is 29.9 Å². The van der Waals surface area contributed by atoms with Gasteiger partial charge in [0, 0.05) is 6.54 Å². The van der Waals surface area contributed by atoms with Crippen molar-refractivity contribution in [2.45, 2.75) is 31.6 Å². The Morgan fingerprint density at radius 1 is 1.15 bits per heavy atom. The first-order chi connectivity index (χ1) is 12.7. The van der Waals surface area contributed by atoms with E-state index in [1.165, 1.54) is 17.6 Å². The first-order valence-corrected chi connectivity index (χ1v) is 9.53. The van der Waals surface area contributed by atoms with E-state index in [2.05, 4.69) is 5.32 Å². The summed E-state index contributed by atoms with van der Waals surface area (Å²) in [6.45, 7) is 1.84. The number of thiophene rings is 1. The van der Waals surface area contributed by atoms with Crippen molar-refractivity contribution in [2.75, 3.05) is 25.1 Å². The number of carbonyl (C=O) groups is 2. The summed E-state index contributed by atoms with van der Waals surface area (Å²) in [4.78, 5) is 27.5. The average Bonchev–Trinajstić information content (AvgIpc) is 3.43. The quantitative estimate of drug-likeness (QED) is 0.887. The fourth-order valence-electron chi connectivity index (χ4n) is 3.33. The lowest BCUT2D eigenvalue weighted by atomic mass is 10.0. The molecule has 1 N–H and O–H groups in total. The summed E-state index contributed by atoms with van der Waals surface area (Å²) in [7, 11) is 0. The lowest BCUT2D eigenvalue weighted by Crippen LogP contribution is -2.50. The van der Waals surface area contributed by atoms with E-state index in [0.717, 1.165) is 19.3 Å². The molecule has 2 amide bonds. The Labute approximate surface area is 154 Å². The highest BCUT2D eigenvalue weighted by molar-refractivity contribution is 7.18. The maximum absolute atomic E-state index is 13.0. The lowest BCUT2D eigenvalue weighted by molar-refractivity contribution is -0.100. The lowest BCUT2D eigenvalue weighted by Gasteiger charge is -2.37. The molecule has 7 nitrogen and oxygen atoms in total. The molecule has 26 heavy (non-hydrogen) atoms. The zero-order chi connectivity index (χ0) is 17.9. The van der Waals surface area contributed by atoms with Gasteiger partial charge in [-0.3, -0.25) is 9.59 Å². The van der Waals surface area contributed by atoms with Crippen molar-refractivity contribution in [1.29, 1.82) is 0 Å². The van der Waals surface area contributed by atoms with E-state index in [1.54, 1.807) is 24.3 Å². The van der Waals surface area contributed by atoms with Crippen LogP contribution in [0.25, 0.3) is 0 Å². The molecule has 2 aromatic heterocycles. The predicted molar refractivity (Wildman–Crippen MR) is 95.3 cm³/mol. The third kappa shape index (κ3) is 3.53. The van der Waals surface area contributed by atoms with Crippen LogP contribution in [0.3, 0.4) is 0 Å². The molecule has 2 saturated heterocycles. The third-order valence-corrected chi connectivity index (χ3v) is 5.56. The molecule has 4 heterocycles. The first kappa shape index (κ1) is 17.3. The smallest absolute Gasteiger partial charge is 0.291 e. The van der Waals surface area contributed by atoms with E-state index in [9.17, 15) is 9.59 Å². The Bertz CT molecular complexity index is 766. The van der Waals surface area contributed by atoms with E-state index >= 15 is 0 Å². The third-order valence-electron chi connectivity index (χ3n) is 4.57. The Kier molecular flexibility index (Phi) is 5.05. The molecule has 4 rings (SSSR count). The molecule has 2 aromatic rings. The van der Waals surface area contributed by atoms with Crippen LogP contribution >= 0.6 is 11.3 Å². The van der Waals surface area contributed by atoms with Gasteiger partial charge in [-0.25, -0.2) is 0 Å². The second kappa shape index (κ2) is 7.61. The van der Waals surface area contributed by atoms with Crippen molar-refractivity contribution in [2.24, 2.45) is 0 Å². The maximum atomic E-state index is 13.0. The predicted octanol–water partition coefficient (Wildman–Crippen LogP) is 2.96. The number of carbonyl (C=O) groups excluding carboxylic acids is 2. The zero-order valence-corrected chi connectivity index (χ0v) is 15.0. The van der Waals surface area contributed by atoms with Gasteiger partial charge in [-0.15, -0.1) is 11.3 Å². The van der Waals surface area contributed by atoms with Gasteiger partial charge in [-0.05, 0) is 43.5 Å². The van der Waals surface area contributed by atoms with E-state index in [0.29, 0.717) is 29.6 Å². The molecular weight excluding hydrogens is 356 g/mol. The van der Waals surface area contributed by atoms with E-state index in [1.807, 2.05) is 4.90 Å². The number of likely N-dealkylation sites (tertiary alicyclic amines) is 1. The number of amides is 2.